The lowest BCUT2D eigenvalue weighted by Crippen LogP contribution is -2.32. The van der Waals surface area contributed by atoms with Crippen LogP contribution in [0.25, 0.3) is 0 Å². The molecule has 2 amide bonds. The number of rotatable bonds is 4. The van der Waals surface area contributed by atoms with Crippen LogP contribution in [0.3, 0.4) is 0 Å². The first-order chi connectivity index (χ1) is 13.1. The Morgan fingerprint density at radius 3 is 2.07 bits per heavy atom. The molecular formula is C23H21NO3. The third-order valence-corrected chi connectivity index (χ3v) is 6.15. The SMILES string of the molecule is C[C@H](Oc1ccc(N2C(=O)[C@@H]3[C@H](C2=O)[C@@H]2C=C[C@H]3C2)cc1)c1ccccc1. The number of hydrogen-bond acceptors (Lipinski definition) is 3. The molecule has 2 aliphatic carbocycles. The van der Waals surface area contributed by atoms with Crippen LogP contribution in [0, 0.1) is 23.7 Å². The van der Waals surface area contributed by atoms with Crippen molar-refractivity contribution in [2.24, 2.45) is 23.7 Å². The Morgan fingerprint density at radius 1 is 0.889 bits per heavy atom. The summed E-state index contributed by atoms with van der Waals surface area (Å²) in [7, 11) is 0. The van der Waals surface area contributed by atoms with Gasteiger partial charge in [-0.05, 0) is 55.0 Å². The number of ether oxygens (including phenoxy) is 1. The maximum absolute atomic E-state index is 12.9. The minimum atomic E-state index is -0.165. The average molecular weight is 359 g/mol. The lowest BCUT2D eigenvalue weighted by Gasteiger charge is -2.19. The Hall–Kier alpha value is -2.88. The average Bonchev–Trinajstić information content (AvgIpc) is 3.37. The Morgan fingerprint density at radius 2 is 1.48 bits per heavy atom. The summed E-state index contributed by atoms with van der Waals surface area (Å²) in [6, 6.07) is 17.3. The van der Waals surface area contributed by atoms with E-state index in [1.807, 2.05) is 49.4 Å². The predicted octanol–water partition coefficient (Wildman–Crippen LogP) is 4.14. The third-order valence-electron chi connectivity index (χ3n) is 6.15. The fourth-order valence-corrected chi connectivity index (χ4v) is 4.83. The van der Waals surface area contributed by atoms with Crippen LogP contribution in [0.15, 0.2) is 66.7 Å². The van der Waals surface area contributed by atoms with Crippen LogP contribution >= 0.6 is 0 Å². The fourth-order valence-electron chi connectivity index (χ4n) is 4.83. The van der Waals surface area contributed by atoms with Crippen molar-refractivity contribution in [2.45, 2.75) is 19.4 Å². The normalized spacial score (nSPS) is 29.3. The molecule has 27 heavy (non-hydrogen) atoms. The quantitative estimate of drug-likeness (QED) is 0.609. The molecule has 1 aliphatic heterocycles. The summed E-state index contributed by atoms with van der Waals surface area (Å²) in [6.07, 6.45) is 5.10. The summed E-state index contributed by atoms with van der Waals surface area (Å²) >= 11 is 0. The van der Waals surface area contributed by atoms with Crippen LogP contribution in [-0.2, 0) is 9.59 Å². The molecule has 4 heteroatoms. The first-order valence-corrected chi connectivity index (χ1v) is 9.51. The molecule has 2 fully saturated rings. The molecular weight excluding hydrogens is 338 g/mol. The molecule has 5 rings (SSSR count). The number of fused-ring (bicyclic) bond motifs is 5. The molecule has 0 aromatic heterocycles. The molecule has 0 radical (unpaired) electrons. The number of hydrogen-bond donors (Lipinski definition) is 0. The van der Waals surface area contributed by atoms with Gasteiger partial charge in [0.2, 0.25) is 11.8 Å². The Kier molecular flexibility index (Phi) is 3.67. The second-order valence-electron chi connectivity index (χ2n) is 7.68. The molecule has 4 nitrogen and oxygen atoms in total. The van der Waals surface area contributed by atoms with E-state index in [1.165, 1.54) is 4.90 Å². The van der Waals surface area contributed by atoms with Gasteiger partial charge in [-0.25, -0.2) is 0 Å². The number of allylic oxidation sites excluding steroid dienone is 2. The van der Waals surface area contributed by atoms with E-state index in [9.17, 15) is 9.59 Å². The molecule has 2 aromatic carbocycles. The van der Waals surface area contributed by atoms with Gasteiger partial charge in [-0.15, -0.1) is 0 Å². The van der Waals surface area contributed by atoms with Gasteiger partial charge < -0.3 is 4.74 Å². The molecule has 5 atom stereocenters. The van der Waals surface area contributed by atoms with Gasteiger partial charge in [-0.1, -0.05) is 42.5 Å². The van der Waals surface area contributed by atoms with Crippen LogP contribution in [0.2, 0.25) is 0 Å². The minimum Gasteiger partial charge on any atom is -0.486 e. The smallest absolute Gasteiger partial charge is 0.238 e. The van der Waals surface area contributed by atoms with Crippen LogP contribution < -0.4 is 9.64 Å². The Bertz CT molecular complexity index is 888. The number of benzene rings is 2. The zero-order valence-electron chi connectivity index (χ0n) is 15.1. The molecule has 1 heterocycles. The highest BCUT2D eigenvalue weighted by Gasteiger charge is 2.59. The van der Waals surface area contributed by atoms with Gasteiger partial charge >= 0.3 is 0 Å². The zero-order chi connectivity index (χ0) is 18.5. The maximum Gasteiger partial charge on any atom is 0.238 e. The van der Waals surface area contributed by atoms with Crippen molar-refractivity contribution in [1.29, 1.82) is 0 Å². The highest BCUT2D eigenvalue weighted by Crippen LogP contribution is 2.53. The second kappa shape index (κ2) is 6.08. The van der Waals surface area contributed by atoms with Crippen molar-refractivity contribution in [3.63, 3.8) is 0 Å². The van der Waals surface area contributed by atoms with Gasteiger partial charge in [-0.2, -0.15) is 0 Å². The second-order valence-corrected chi connectivity index (χ2v) is 7.68. The zero-order valence-corrected chi connectivity index (χ0v) is 15.1. The van der Waals surface area contributed by atoms with Crippen molar-refractivity contribution in [2.75, 3.05) is 4.90 Å². The monoisotopic (exact) mass is 359 g/mol. The number of carbonyl (C=O) groups excluding carboxylic acids is 2. The van der Waals surface area contributed by atoms with Crippen LogP contribution in [0.4, 0.5) is 5.69 Å². The van der Waals surface area contributed by atoms with Gasteiger partial charge in [0, 0.05) is 0 Å². The van der Waals surface area contributed by atoms with Gasteiger partial charge in [0.15, 0.2) is 0 Å². The van der Waals surface area contributed by atoms with Crippen molar-refractivity contribution in [3.8, 4) is 5.75 Å². The highest BCUT2D eigenvalue weighted by molar-refractivity contribution is 6.22. The Balaban J connectivity index is 1.34. The van der Waals surface area contributed by atoms with E-state index in [4.69, 9.17) is 4.74 Å². The van der Waals surface area contributed by atoms with Gasteiger partial charge in [0.25, 0.3) is 0 Å². The molecule has 1 saturated heterocycles. The van der Waals surface area contributed by atoms with Crippen LogP contribution in [0.1, 0.15) is 25.0 Å². The van der Waals surface area contributed by atoms with Crippen LogP contribution in [0.5, 0.6) is 5.75 Å². The summed E-state index contributed by atoms with van der Waals surface area (Å²) < 4.78 is 5.99. The molecule has 136 valence electrons. The largest absolute Gasteiger partial charge is 0.486 e. The van der Waals surface area contributed by atoms with E-state index in [0.717, 1.165) is 17.7 Å². The number of anilines is 1. The Labute approximate surface area is 158 Å². The molecule has 0 N–H and O–H groups in total. The molecule has 2 aromatic rings. The van der Waals surface area contributed by atoms with E-state index in [0.29, 0.717) is 5.69 Å². The summed E-state index contributed by atoms with van der Waals surface area (Å²) in [4.78, 5) is 27.1. The van der Waals surface area contributed by atoms with Crippen molar-refractivity contribution in [3.05, 3.63) is 72.3 Å². The third kappa shape index (κ3) is 2.51. The van der Waals surface area contributed by atoms with Crippen molar-refractivity contribution < 1.29 is 14.3 Å². The predicted molar refractivity (Wildman–Crippen MR) is 102 cm³/mol. The van der Waals surface area contributed by atoms with E-state index in [-0.39, 0.29) is 41.6 Å². The lowest BCUT2D eigenvalue weighted by atomic mass is 9.85. The van der Waals surface area contributed by atoms with Gasteiger partial charge in [0.1, 0.15) is 11.9 Å². The first kappa shape index (κ1) is 16.3. The van der Waals surface area contributed by atoms with Crippen molar-refractivity contribution >= 4 is 17.5 Å². The molecule has 0 unspecified atom stereocenters. The van der Waals surface area contributed by atoms with E-state index >= 15 is 0 Å². The minimum absolute atomic E-state index is 0.0480. The number of carbonyl (C=O) groups is 2. The van der Waals surface area contributed by atoms with Crippen LogP contribution in [-0.4, -0.2) is 11.8 Å². The summed E-state index contributed by atoms with van der Waals surface area (Å²) in [5, 5.41) is 0. The van der Waals surface area contributed by atoms with E-state index in [2.05, 4.69) is 12.2 Å². The fraction of sp³-hybridized carbons (Fsp3) is 0.304. The lowest BCUT2D eigenvalue weighted by molar-refractivity contribution is -0.123. The number of imide groups is 1. The topological polar surface area (TPSA) is 46.6 Å². The molecule has 0 spiro atoms. The highest BCUT2D eigenvalue weighted by atomic mass is 16.5. The molecule has 2 bridgehead atoms. The van der Waals surface area contributed by atoms with E-state index < -0.39 is 0 Å². The standard InChI is InChI=1S/C23H21NO3/c1-14(15-5-3-2-4-6-15)27-19-11-9-18(10-12-19)24-22(25)20-16-7-8-17(13-16)21(20)23(24)26/h2-12,14,16-17,20-21H,13H2,1H3/t14-,16-,17+,20-,21+/m0/s1. The molecule has 1 saturated carbocycles. The summed E-state index contributed by atoms with van der Waals surface area (Å²) in [5.74, 6) is 0.757. The van der Waals surface area contributed by atoms with Crippen molar-refractivity contribution in [1.82, 2.24) is 0 Å². The molecule has 3 aliphatic rings. The summed E-state index contributed by atoms with van der Waals surface area (Å²) in [5.41, 5.74) is 1.74. The van der Waals surface area contributed by atoms with E-state index in [1.54, 1.807) is 12.1 Å². The maximum atomic E-state index is 12.9. The first-order valence-electron chi connectivity index (χ1n) is 9.51. The van der Waals surface area contributed by atoms with Gasteiger partial charge in [0.05, 0.1) is 17.5 Å². The number of nitrogens with zero attached hydrogens (tertiary/aromatic N) is 1. The number of amides is 2. The van der Waals surface area contributed by atoms with Gasteiger partial charge in [-0.3, -0.25) is 14.5 Å². The summed E-state index contributed by atoms with van der Waals surface area (Å²) in [6.45, 7) is 2.00.